The Hall–Kier alpha value is -2.90. The van der Waals surface area contributed by atoms with Gasteiger partial charge in [0.05, 0.1) is 12.3 Å². The summed E-state index contributed by atoms with van der Waals surface area (Å²) in [4.78, 5) is 11.8. The maximum absolute atomic E-state index is 12.1. The smallest absolute Gasteiger partial charge is 0.491 e. The lowest BCUT2D eigenvalue weighted by atomic mass is 10.2. The first kappa shape index (κ1) is 18.4. The molecule has 0 radical (unpaired) electrons. The fraction of sp³-hybridized carbons (Fsp3) is 0.235. The second-order valence-corrected chi connectivity index (χ2v) is 5.11. The molecule has 5 nitrogen and oxygen atoms in total. The summed E-state index contributed by atoms with van der Waals surface area (Å²) in [7, 11) is 0. The van der Waals surface area contributed by atoms with Gasteiger partial charge in [-0.1, -0.05) is 12.1 Å². The normalized spacial score (nSPS) is 11.0. The van der Waals surface area contributed by atoms with Gasteiger partial charge in [0, 0.05) is 12.1 Å². The third-order valence-corrected chi connectivity index (χ3v) is 3.10. The van der Waals surface area contributed by atoms with Crippen LogP contribution in [0.3, 0.4) is 0 Å². The SMILES string of the molecule is Nc1ccccc1OCCCC(=O)Nc1ccc(OC(F)(F)F)cc1. The van der Waals surface area contributed by atoms with Gasteiger partial charge in [0.2, 0.25) is 5.91 Å². The zero-order valence-electron chi connectivity index (χ0n) is 13.2. The van der Waals surface area contributed by atoms with E-state index in [0.717, 1.165) is 12.1 Å². The molecule has 1 amide bonds. The minimum Gasteiger partial charge on any atom is -0.491 e. The maximum atomic E-state index is 12.1. The van der Waals surface area contributed by atoms with Crippen molar-refractivity contribution < 1.29 is 27.4 Å². The highest BCUT2D eigenvalue weighted by molar-refractivity contribution is 5.90. The van der Waals surface area contributed by atoms with E-state index in [4.69, 9.17) is 10.5 Å². The lowest BCUT2D eigenvalue weighted by molar-refractivity contribution is -0.274. The summed E-state index contributed by atoms with van der Waals surface area (Å²) < 4.78 is 45.4. The second-order valence-electron chi connectivity index (χ2n) is 5.11. The van der Waals surface area contributed by atoms with Gasteiger partial charge in [0.15, 0.2) is 0 Å². The Labute approximate surface area is 142 Å². The molecule has 134 valence electrons. The van der Waals surface area contributed by atoms with Gasteiger partial charge in [-0.05, 0) is 42.8 Å². The third kappa shape index (κ3) is 6.62. The molecule has 0 aromatic heterocycles. The summed E-state index contributed by atoms with van der Waals surface area (Å²) in [6, 6.07) is 12.0. The molecule has 0 spiro atoms. The predicted molar refractivity (Wildman–Crippen MR) is 87.3 cm³/mol. The number of nitrogens with one attached hydrogen (secondary N) is 1. The van der Waals surface area contributed by atoms with E-state index in [0.29, 0.717) is 30.2 Å². The number of anilines is 2. The number of para-hydroxylation sites is 2. The molecule has 0 heterocycles. The summed E-state index contributed by atoms with van der Waals surface area (Å²) in [6.07, 6.45) is -4.07. The van der Waals surface area contributed by atoms with Crippen LogP contribution in [0.15, 0.2) is 48.5 Å². The molecule has 0 aliphatic rings. The fourth-order valence-corrected chi connectivity index (χ4v) is 1.99. The minimum absolute atomic E-state index is 0.202. The number of hydrogen-bond donors (Lipinski definition) is 2. The van der Waals surface area contributed by atoms with E-state index in [2.05, 4.69) is 10.1 Å². The molecule has 0 unspecified atom stereocenters. The Morgan fingerprint density at radius 1 is 1.08 bits per heavy atom. The standard InChI is InChI=1S/C17H17F3N2O3/c18-17(19,20)25-13-9-7-12(8-10-13)22-16(23)6-3-11-24-15-5-2-1-4-14(15)21/h1-2,4-5,7-10H,3,6,11,21H2,(H,22,23). The fourth-order valence-electron chi connectivity index (χ4n) is 1.99. The number of rotatable bonds is 7. The van der Waals surface area contributed by atoms with Crippen LogP contribution in [0.4, 0.5) is 24.5 Å². The number of ether oxygens (including phenoxy) is 2. The first-order chi connectivity index (χ1) is 11.8. The Bertz CT molecular complexity index is 703. The van der Waals surface area contributed by atoms with Crippen LogP contribution in [0.25, 0.3) is 0 Å². The maximum Gasteiger partial charge on any atom is 0.573 e. The van der Waals surface area contributed by atoms with Gasteiger partial charge in [-0.25, -0.2) is 0 Å². The summed E-state index contributed by atoms with van der Waals surface area (Å²) in [5, 5.41) is 2.59. The molecule has 0 bridgehead atoms. The zero-order valence-corrected chi connectivity index (χ0v) is 13.2. The Morgan fingerprint density at radius 3 is 2.40 bits per heavy atom. The van der Waals surface area contributed by atoms with E-state index in [1.54, 1.807) is 24.3 Å². The quantitative estimate of drug-likeness (QED) is 0.583. The topological polar surface area (TPSA) is 73.6 Å². The van der Waals surface area contributed by atoms with Crippen molar-refractivity contribution in [2.24, 2.45) is 0 Å². The number of nitrogens with two attached hydrogens (primary N) is 1. The van der Waals surface area contributed by atoms with Crippen molar-refractivity contribution in [3.63, 3.8) is 0 Å². The van der Waals surface area contributed by atoms with Crippen molar-refractivity contribution in [3.05, 3.63) is 48.5 Å². The number of carbonyl (C=O) groups is 1. The van der Waals surface area contributed by atoms with Crippen molar-refractivity contribution in [3.8, 4) is 11.5 Å². The van der Waals surface area contributed by atoms with Gasteiger partial charge < -0.3 is 20.5 Å². The van der Waals surface area contributed by atoms with E-state index < -0.39 is 6.36 Å². The van der Waals surface area contributed by atoms with Crippen LogP contribution in [0.5, 0.6) is 11.5 Å². The number of amides is 1. The predicted octanol–water partition coefficient (Wildman–Crippen LogP) is 3.97. The molecule has 0 fully saturated rings. The highest BCUT2D eigenvalue weighted by Crippen LogP contribution is 2.24. The minimum atomic E-state index is -4.74. The van der Waals surface area contributed by atoms with E-state index in [1.165, 1.54) is 12.1 Å². The molecule has 0 saturated carbocycles. The molecule has 2 rings (SSSR count). The molecule has 0 atom stereocenters. The summed E-state index contributed by atoms with van der Waals surface area (Å²) in [6.45, 7) is 0.319. The van der Waals surface area contributed by atoms with E-state index >= 15 is 0 Å². The summed E-state index contributed by atoms with van der Waals surface area (Å²) in [5.41, 5.74) is 6.63. The van der Waals surface area contributed by atoms with Crippen LogP contribution in [-0.4, -0.2) is 18.9 Å². The van der Waals surface area contributed by atoms with E-state index in [-0.39, 0.29) is 18.1 Å². The van der Waals surface area contributed by atoms with Crippen molar-refractivity contribution in [2.45, 2.75) is 19.2 Å². The Balaban J connectivity index is 1.72. The van der Waals surface area contributed by atoms with Crippen molar-refractivity contribution in [1.29, 1.82) is 0 Å². The molecule has 2 aromatic carbocycles. The summed E-state index contributed by atoms with van der Waals surface area (Å²) >= 11 is 0. The van der Waals surface area contributed by atoms with Crippen LogP contribution in [-0.2, 0) is 4.79 Å². The lowest BCUT2D eigenvalue weighted by Crippen LogP contribution is -2.17. The Morgan fingerprint density at radius 2 is 1.76 bits per heavy atom. The van der Waals surface area contributed by atoms with Crippen molar-refractivity contribution in [1.82, 2.24) is 0 Å². The molecule has 8 heteroatoms. The Kier molecular flexibility index (Phi) is 6.10. The van der Waals surface area contributed by atoms with Crippen LogP contribution in [0.2, 0.25) is 0 Å². The summed E-state index contributed by atoms with van der Waals surface area (Å²) in [5.74, 6) is -0.0587. The molecular formula is C17H17F3N2O3. The molecule has 25 heavy (non-hydrogen) atoms. The van der Waals surface area contributed by atoms with Crippen molar-refractivity contribution >= 4 is 17.3 Å². The van der Waals surface area contributed by atoms with E-state index in [9.17, 15) is 18.0 Å². The van der Waals surface area contributed by atoms with Crippen LogP contribution in [0, 0.1) is 0 Å². The molecule has 0 aliphatic heterocycles. The number of nitrogen functional groups attached to an aromatic ring is 1. The van der Waals surface area contributed by atoms with Crippen molar-refractivity contribution in [2.75, 3.05) is 17.7 Å². The number of alkyl halides is 3. The number of hydrogen-bond acceptors (Lipinski definition) is 4. The first-order valence-corrected chi connectivity index (χ1v) is 7.46. The van der Waals surface area contributed by atoms with Gasteiger partial charge in [0.1, 0.15) is 11.5 Å². The highest BCUT2D eigenvalue weighted by Gasteiger charge is 2.30. The number of carbonyl (C=O) groups excluding carboxylic acids is 1. The molecule has 2 aromatic rings. The van der Waals surface area contributed by atoms with Gasteiger partial charge in [-0.2, -0.15) is 0 Å². The van der Waals surface area contributed by atoms with Gasteiger partial charge in [-0.15, -0.1) is 13.2 Å². The van der Waals surface area contributed by atoms with Gasteiger partial charge in [-0.3, -0.25) is 4.79 Å². The first-order valence-electron chi connectivity index (χ1n) is 7.46. The van der Waals surface area contributed by atoms with Gasteiger partial charge >= 0.3 is 6.36 Å². The molecular weight excluding hydrogens is 337 g/mol. The van der Waals surface area contributed by atoms with Crippen LogP contribution in [0.1, 0.15) is 12.8 Å². The third-order valence-electron chi connectivity index (χ3n) is 3.10. The largest absolute Gasteiger partial charge is 0.573 e. The number of benzene rings is 2. The van der Waals surface area contributed by atoms with Crippen LogP contribution < -0.4 is 20.5 Å². The zero-order chi connectivity index (χ0) is 18.3. The highest BCUT2D eigenvalue weighted by atomic mass is 19.4. The molecule has 3 N–H and O–H groups in total. The van der Waals surface area contributed by atoms with Gasteiger partial charge in [0.25, 0.3) is 0 Å². The number of halogens is 3. The molecule has 0 saturated heterocycles. The molecule has 0 aliphatic carbocycles. The average Bonchev–Trinajstić information content (AvgIpc) is 2.54. The van der Waals surface area contributed by atoms with Crippen LogP contribution >= 0.6 is 0 Å². The monoisotopic (exact) mass is 354 g/mol. The average molecular weight is 354 g/mol. The van der Waals surface area contributed by atoms with E-state index in [1.807, 2.05) is 0 Å². The second kappa shape index (κ2) is 8.27. The lowest BCUT2D eigenvalue weighted by Gasteiger charge is -2.10.